The number of hydrogen-bond donors (Lipinski definition) is 0. The molecule has 5 heteroatoms. The minimum Gasteiger partial charge on any atom is -0.299 e. The minimum absolute atomic E-state index is 0.150. The Bertz CT molecular complexity index is 579. The second-order valence-corrected chi connectivity index (χ2v) is 3.97. The van der Waals surface area contributed by atoms with Gasteiger partial charge in [0.25, 0.3) is 5.56 Å². The Hall–Kier alpha value is -1.23. The molecule has 3 nitrogen and oxygen atoms in total. The number of nitrogens with zero attached hydrogens (tertiary/aromatic N) is 2. The summed E-state index contributed by atoms with van der Waals surface area (Å²) in [5.41, 5.74) is 0.230. The molecular formula is C10H8BrFN2O. The van der Waals surface area contributed by atoms with E-state index in [0.717, 1.165) is 0 Å². The first-order valence-corrected chi connectivity index (χ1v) is 5.27. The topological polar surface area (TPSA) is 34.9 Å². The summed E-state index contributed by atoms with van der Waals surface area (Å²) in [6.45, 7) is 2.41. The number of benzene rings is 1. The van der Waals surface area contributed by atoms with Crippen LogP contribution in [-0.2, 0) is 6.54 Å². The van der Waals surface area contributed by atoms with Crippen molar-refractivity contribution in [1.29, 1.82) is 0 Å². The van der Waals surface area contributed by atoms with Gasteiger partial charge in [-0.15, -0.1) is 0 Å². The van der Waals surface area contributed by atoms with Crippen LogP contribution in [0.3, 0.4) is 0 Å². The summed E-state index contributed by atoms with van der Waals surface area (Å²) in [6.07, 6.45) is 1.43. The number of aryl methyl sites for hydroxylation is 1. The van der Waals surface area contributed by atoms with E-state index in [0.29, 0.717) is 17.4 Å². The summed E-state index contributed by atoms with van der Waals surface area (Å²) in [5.74, 6) is -0.413. The molecule has 0 aliphatic carbocycles. The van der Waals surface area contributed by atoms with Crippen LogP contribution in [0.2, 0.25) is 0 Å². The zero-order valence-corrected chi connectivity index (χ0v) is 9.58. The van der Waals surface area contributed by atoms with Gasteiger partial charge in [-0.25, -0.2) is 9.37 Å². The maximum absolute atomic E-state index is 13.2. The smallest absolute Gasteiger partial charge is 0.261 e. The number of hydrogen-bond acceptors (Lipinski definition) is 2. The van der Waals surface area contributed by atoms with Crippen molar-refractivity contribution in [3.05, 3.63) is 39.1 Å². The Morgan fingerprint density at radius 1 is 1.53 bits per heavy atom. The molecule has 0 saturated carbocycles. The molecule has 0 fully saturated rings. The van der Waals surface area contributed by atoms with Crippen LogP contribution in [0.5, 0.6) is 0 Å². The molecule has 1 aromatic carbocycles. The molecule has 78 valence electrons. The van der Waals surface area contributed by atoms with Crippen LogP contribution >= 0.6 is 15.9 Å². The lowest BCUT2D eigenvalue weighted by atomic mass is 10.2. The normalized spacial score (nSPS) is 10.9. The summed E-state index contributed by atoms with van der Waals surface area (Å²) < 4.78 is 14.9. The van der Waals surface area contributed by atoms with E-state index in [1.807, 2.05) is 6.92 Å². The predicted octanol–water partition coefficient (Wildman–Crippen LogP) is 2.32. The average molecular weight is 271 g/mol. The lowest BCUT2D eigenvalue weighted by Crippen LogP contribution is -2.19. The molecule has 0 unspecified atom stereocenters. The first kappa shape index (κ1) is 10.3. The van der Waals surface area contributed by atoms with Crippen molar-refractivity contribution in [3.8, 4) is 0 Å². The molecule has 2 aromatic rings. The minimum atomic E-state index is -0.413. The summed E-state index contributed by atoms with van der Waals surface area (Å²) in [4.78, 5) is 15.8. The average Bonchev–Trinajstić information content (AvgIpc) is 2.22. The Morgan fingerprint density at radius 3 is 2.93 bits per heavy atom. The van der Waals surface area contributed by atoms with Gasteiger partial charge in [-0.3, -0.25) is 9.36 Å². The fourth-order valence-corrected chi connectivity index (χ4v) is 1.72. The van der Waals surface area contributed by atoms with Gasteiger partial charge in [0.05, 0.1) is 21.7 Å². The van der Waals surface area contributed by atoms with E-state index in [-0.39, 0.29) is 10.0 Å². The van der Waals surface area contributed by atoms with E-state index in [2.05, 4.69) is 20.9 Å². The van der Waals surface area contributed by atoms with Crippen molar-refractivity contribution in [2.75, 3.05) is 0 Å². The fraction of sp³-hybridized carbons (Fsp3) is 0.200. The second-order valence-electron chi connectivity index (χ2n) is 3.12. The van der Waals surface area contributed by atoms with Crippen LogP contribution in [0.4, 0.5) is 4.39 Å². The molecular weight excluding hydrogens is 263 g/mol. The van der Waals surface area contributed by atoms with Gasteiger partial charge in [-0.2, -0.15) is 0 Å². The third kappa shape index (κ3) is 1.67. The van der Waals surface area contributed by atoms with Crippen LogP contribution in [0.25, 0.3) is 10.9 Å². The maximum Gasteiger partial charge on any atom is 0.261 e. The molecule has 0 aliphatic heterocycles. The molecule has 2 rings (SSSR count). The van der Waals surface area contributed by atoms with Gasteiger partial charge in [0.15, 0.2) is 0 Å². The molecule has 0 atom stereocenters. The SMILES string of the molecule is CCn1cnc2cc(F)c(Br)cc2c1=O. The highest BCUT2D eigenvalue weighted by molar-refractivity contribution is 9.10. The zero-order valence-electron chi connectivity index (χ0n) is 8.00. The van der Waals surface area contributed by atoms with Crippen LogP contribution in [-0.4, -0.2) is 9.55 Å². The molecule has 0 radical (unpaired) electrons. The van der Waals surface area contributed by atoms with E-state index in [1.165, 1.54) is 23.0 Å². The Morgan fingerprint density at radius 2 is 2.27 bits per heavy atom. The van der Waals surface area contributed by atoms with Crippen molar-refractivity contribution in [3.63, 3.8) is 0 Å². The van der Waals surface area contributed by atoms with Gasteiger partial charge >= 0.3 is 0 Å². The Labute approximate surface area is 93.7 Å². The molecule has 0 amide bonds. The fourth-order valence-electron chi connectivity index (χ4n) is 1.38. The highest BCUT2D eigenvalue weighted by Gasteiger charge is 2.07. The highest BCUT2D eigenvalue weighted by Crippen LogP contribution is 2.19. The summed E-state index contributed by atoms with van der Waals surface area (Å²) in [5, 5.41) is 0.424. The molecule has 15 heavy (non-hydrogen) atoms. The number of aromatic nitrogens is 2. The molecule has 1 aromatic heterocycles. The number of halogens is 2. The number of fused-ring (bicyclic) bond motifs is 1. The Kier molecular flexibility index (Phi) is 2.56. The third-order valence-corrected chi connectivity index (χ3v) is 2.81. The van der Waals surface area contributed by atoms with E-state index < -0.39 is 5.82 Å². The summed E-state index contributed by atoms with van der Waals surface area (Å²) >= 11 is 3.05. The molecule has 1 heterocycles. The van der Waals surface area contributed by atoms with Crippen molar-refractivity contribution in [1.82, 2.24) is 9.55 Å². The van der Waals surface area contributed by atoms with E-state index in [4.69, 9.17) is 0 Å². The zero-order chi connectivity index (χ0) is 11.0. The van der Waals surface area contributed by atoms with Gasteiger partial charge in [-0.1, -0.05) is 0 Å². The van der Waals surface area contributed by atoms with Crippen molar-refractivity contribution in [2.45, 2.75) is 13.5 Å². The molecule has 0 saturated heterocycles. The van der Waals surface area contributed by atoms with Gasteiger partial charge < -0.3 is 0 Å². The summed E-state index contributed by atoms with van der Waals surface area (Å²) in [6, 6.07) is 2.72. The molecule has 0 aliphatic rings. The number of rotatable bonds is 1. The maximum atomic E-state index is 13.2. The predicted molar refractivity (Wildman–Crippen MR) is 59.3 cm³/mol. The van der Waals surface area contributed by atoms with Gasteiger partial charge in [0.2, 0.25) is 0 Å². The van der Waals surface area contributed by atoms with E-state index >= 15 is 0 Å². The molecule has 0 N–H and O–H groups in total. The summed E-state index contributed by atoms with van der Waals surface area (Å²) in [7, 11) is 0. The largest absolute Gasteiger partial charge is 0.299 e. The van der Waals surface area contributed by atoms with Crippen LogP contribution < -0.4 is 5.56 Å². The molecule has 0 spiro atoms. The molecule has 0 bridgehead atoms. The van der Waals surface area contributed by atoms with E-state index in [9.17, 15) is 9.18 Å². The highest BCUT2D eigenvalue weighted by atomic mass is 79.9. The first-order chi connectivity index (χ1) is 7.13. The third-order valence-electron chi connectivity index (χ3n) is 2.21. The monoisotopic (exact) mass is 270 g/mol. The van der Waals surface area contributed by atoms with Gasteiger partial charge in [-0.05, 0) is 28.9 Å². The Balaban J connectivity index is 2.88. The van der Waals surface area contributed by atoms with Crippen molar-refractivity contribution >= 4 is 26.8 Å². The lowest BCUT2D eigenvalue weighted by Gasteiger charge is -2.03. The first-order valence-electron chi connectivity index (χ1n) is 4.47. The van der Waals surface area contributed by atoms with Crippen molar-refractivity contribution in [2.24, 2.45) is 0 Å². The van der Waals surface area contributed by atoms with Crippen LogP contribution in [0.15, 0.2) is 27.7 Å². The standard InChI is InChI=1S/C10H8BrFN2O/c1-2-14-5-13-9-4-8(12)7(11)3-6(9)10(14)15/h3-5H,2H2,1H3. The van der Waals surface area contributed by atoms with Crippen LogP contribution in [0.1, 0.15) is 6.92 Å². The quantitative estimate of drug-likeness (QED) is 0.797. The van der Waals surface area contributed by atoms with Gasteiger partial charge in [0.1, 0.15) is 5.82 Å². The second kappa shape index (κ2) is 3.73. The van der Waals surface area contributed by atoms with Crippen molar-refractivity contribution < 1.29 is 4.39 Å². The van der Waals surface area contributed by atoms with Crippen LogP contribution in [0, 0.1) is 5.82 Å². The lowest BCUT2D eigenvalue weighted by molar-refractivity contribution is 0.622. The van der Waals surface area contributed by atoms with E-state index in [1.54, 1.807) is 0 Å². The van der Waals surface area contributed by atoms with Gasteiger partial charge in [0, 0.05) is 12.6 Å².